The van der Waals surface area contributed by atoms with Crippen LogP contribution in [-0.4, -0.2) is 23.0 Å². The first-order chi connectivity index (χ1) is 11.7. The van der Waals surface area contributed by atoms with Crippen molar-refractivity contribution >= 4 is 34.3 Å². The Hall–Kier alpha value is -1.42. The van der Waals surface area contributed by atoms with Crippen molar-refractivity contribution in [1.82, 2.24) is 4.98 Å². The molecule has 2 nitrogen and oxygen atoms in total. The lowest BCUT2D eigenvalue weighted by Crippen LogP contribution is -2.14. The maximum Gasteiger partial charge on any atom is 0.0498 e. The van der Waals surface area contributed by atoms with Crippen LogP contribution in [0.25, 0.3) is 10.9 Å². The van der Waals surface area contributed by atoms with E-state index in [4.69, 9.17) is 11.6 Å². The van der Waals surface area contributed by atoms with Crippen LogP contribution in [0.1, 0.15) is 29.5 Å². The van der Waals surface area contributed by atoms with Gasteiger partial charge in [-0.15, -0.1) is 0 Å². The molecular weight excluding hydrogens is 338 g/mol. The fourth-order valence-corrected chi connectivity index (χ4v) is 4.04. The topological polar surface area (TPSA) is 36.0 Å². The highest BCUT2D eigenvalue weighted by atomic mass is 35.5. The highest BCUT2D eigenvalue weighted by Crippen LogP contribution is 2.37. The Morgan fingerprint density at radius 1 is 1.17 bits per heavy atom. The average Bonchev–Trinajstić information content (AvgIpc) is 3.02. The summed E-state index contributed by atoms with van der Waals surface area (Å²) in [4.78, 5) is 3.46. The first-order valence-electron chi connectivity index (χ1n) is 8.09. The third-order valence-corrected chi connectivity index (χ3v) is 5.41. The van der Waals surface area contributed by atoms with Crippen molar-refractivity contribution in [2.75, 3.05) is 12.9 Å². The molecule has 3 aromatic rings. The number of aliphatic hydroxyl groups excluding tert-OH is 1. The van der Waals surface area contributed by atoms with Gasteiger partial charge in [0.2, 0.25) is 0 Å². The van der Waals surface area contributed by atoms with Gasteiger partial charge in [0.15, 0.2) is 0 Å². The summed E-state index contributed by atoms with van der Waals surface area (Å²) in [6.45, 7) is 2.23. The number of halogens is 1. The van der Waals surface area contributed by atoms with Gasteiger partial charge in [0.05, 0.1) is 0 Å². The fraction of sp³-hybridized carbons (Fsp3) is 0.300. The van der Waals surface area contributed by atoms with E-state index < -0.39 is 0 Å². The lowest BCUT2D eigenvalue weighted by atomic mass is 9.82. The molecule has 1 aromatic heterocycles. The van der Waals surface area contributed by atoms with Crippen molar-refractivity contribution in [3.8, 4) is 0 Å². The third-order valence-electron chi connectivity index (χ3n) is 4.55. The standard InChI is InChI=1S/C20H22ClNOS/c1-13(11-23)19(14-6-8-16(21)9-7-14)18-10-22-20-15(12-24-2)4-3-5-17(18)20/h3-10,13,19,22-23H,11-12H2,1-2H3. The quantitative estimate of drug-likeness (QED) is 0.614. The van der Waals surface area contributed by atoms with Gasteiger partial charge in [-0.2, -0.15) is 11.8 Å². The van der Waals surface area contributed by atoms with E-state index in [9.17, 15) is 5.11 Å². The van der Waals surface area contributed by atoms with Crippen LogP contribution in [0.2, 0.25) is 5.02 Å². The molecule has 0 radical (unpaired) electrons. The summed E-state index contributed by atoms with van der Waals surface area (Å²) in [5, 5.41) is 11.8. The van der Waals surface area contributed by atoms with Gasteiger partial charge in [-0.05, 0) is 41.0 Å². The molecule has 0 saturated heterocycles. The zero-order valence-corrected chi connectivity index (χ0v) is 15.5. The van der Waals surface area contributed by atoms with E-state index in [0.717, 1.165) is 10.8 Å². The summed E-state index contributed by atoms with van der Waals surface area (Å²) in [6.07, 6.45) is 4.22. The number of hydrogen-bond acceptors (Lipinski definition) is 2. The van der Waals surface area contributed by atoms with Gasteiger partial charge in [0.25, 0.3) is 0 Å². The van der Waals surface area contributed by atoms with Crippen LogP contribution in [0, 0.1) is 5.92 Å². The Morgan fingerprint density at radius 3 is 2.58 bits per heavy atom. The van der Waals surface area contributed by atoms with Crippen molar-refractivity contribution in [3.05, 3.63) is 70.4 Å². The van der Waals surface area contributed by atoms with Crippen molar-refractivity contribution < 1.29 is 5.11 Å². The number of fused-ring (bicyclic) bond motifs is 1. The molecule has 2 atom stereocenters. The largest absolute Gasteiger partial charge is 0.396 e. The van der Waals surface area contributed by atoms with Gasteiger partial charge in [-0.25, -0.2) is 0 Å². The summed E-state index contributed by atoms with van der Waals surface area (Å²) in [5.41, 5.74) is 4.93. The number of thioether (sulfide) groups is 1. The molecule has 0 bridgehead atoms. The minimum atomic E-state index is 0.120. The van der Waals surface area contributed by atoms with Crippen molar-refractivity contribution in [1.29, 1.82) is 0 Å². The molecule has 1 heterocycles. The molecule has 126 valence electrons. The first kappa shape index (κ1) is 17.4. The zero-order valence-electron chi connectivity index (χ0n) is 13.9. The summed E-state index contributed by atoms with van der Waals surface area (Å²) >= 11 is 7.87. The SMILES string of the molecule is CSCc1cccc2c(C(c3ccc(Cl)cc3)C(C)CO)c[nH]c12. The molecule has 0 amide bonds. The van der Waals surface area contributed by atoms with Crippen LogP contribution in [0.15, 0.2) is 48.7 Å². The number of H-pyrrole nitrogens is 1. The summed E-state index contributed by atoms with van der Waals surface area (Å²) < 4.78 is 0. The molecule has 24 heavy (non-hydrogen) atoms. The smallest absolute Gasteiger partial charge is 0.0498 e. The normalized spacial score (nSPS) is 14.0. The number of aromatic nitrogens is 1. The molecule has 2 unspecified atom stereocenters. The molecule has 2 aromatic carbocycles. The van der Waals surface area contributed by atoms with Gasteiger partial charge in [-0.1, -0.05) is 48.9 Å². The summed E-state index contributed by atoms with van der Waals surface area (Å²) in [7, 11) is 0. The molecule has 4 heteroatoms. The van der Waals surface area contributed by atoms with Gasteiger partial charge < -0.3 is 10.1 Å². The van der Waals surface area contributed by atoms with Gasteiger partial charge in [-0.3, -0.25) is 0 Å². The highest BCUT2D eigenvalue weighted by Gasteiger charge is 2.24. The Bertz CT molecular complexity index is 812. The molecule has 0 spiro atoms. The number of aromatic amines is 1. The van der Waals surface area contributed by atoms with Crippen molar-refractivity contribution in [2.45, 2.75) is 18.6 Å². The van der Waals surface area contributed by atoms with Crippen LogP contribution in [0.4, 0.5) is 0 Å². The van der Waals surface area contributed by atoms with Crippen LogP contribution >= 0.6 is 23.4 Å². The van der Waals surface area contributed by atoms with Gasteiger partial charge >= 0.3 is 0 Å². The number of hydrogen-bond donors (Lipinski definition) is 2. The predicted octanol–water partition coefficient (Wildman–Crippen LogP) is 5.44. The third kappa shape index (κ3) is 3.34. The number of aliphatic hydroxyl groups is 1. The maximum absolute atomic E-state index is 9.79. The molecular formula is C20H22ClNOS. The van der Waals surface area contributed by atoms with Crippen molar-refractivity contribution in [3.63, 3.8) is 0 Å². The second-order valence-corrected chi connectivity index (χ2v) is 7.51. The number of rotatable bonds is 6. The summed E-state index contributed by atoms with van der Waals surface area (Å²) in [6, 6.07) is 14.4. The molecule has 0 aliphatic rings. The van der Waals surface area contributed by atoms with E-state index >= 15 is 0 Å². The lowest BCUT2D eigenvalue weighted by molar-refractivity contribution is 0.225. The molecule has 0 aliphatic heterocycles. The minimum absolute atomic E-state index is 0.120. The Balaban J connectivity index is 2.13. The zero-order chi connectivity index (χ0) is 17.1. The average molecular weight is 360 g/mol. The Morgan fingerprint density at radius 2 is 1.92 bits per heavy atom. The van der Waals surface area contributed by atoms with Crippen LogP contribution in [0.3, 0.4) is 0 Å². The molecule has 0 aliphatic carbocycles. The van der Waals surface area contributed by atoms with E-state index in [1.54, 1.807) is 0 Å². The van der Waals surface area contributed by atoms with Crippen LogP contribution in [-0.2, 0) is 5.75 Å². The van der Waals surface area contributed by atoms with E-state index in [1.807, 2.05) is 23.9 Å². The summed E-state index contributed by atoms with van der Waals surface area (Å²) in [5.74, 6) is 1.23. The Labute approximate surface area is 152 Å². The second-order valence-electron chi connectivity index (χ2n) is 6.21. The number of para-hydroxylation sites is 1. The van der Waals surface area contributed by atoms with E-state index in [0.29, 0.717) is 0 Å². The number of nitrogens with one attached hydrogen (secondary N) is 1. The van der Waals surface area contributed by atoms with Gasteiger partial charge in [0.1, 0.15) is 0 Å². The first-order valence-corrected chi connectivity index (χ1v) is 9.87. The minimum Gasteiger partial charge on any atom is -0.396 e. The van der Waals surface area contributed by atoms with Crippen LogP contribution in [0.5, 0.6) is 0 Å². The maximum atomic E-state index is 9.79. The van der Waals surface area contributed by atoms with E-state index in [2.05, 4.69) is 54.7 Å². The molecule has 2 N–H and O–H groups in total. The van der Waals surface area contributed by atoms with E-state index in [-0.39, 0.29) is 18.4 Å². The van der Waals surface area contributed by atoms with E-state index in [1.165, 1.54) is 27.6 Å². The molecule has 0 saturated carbocycles. The Kier molecular flexibility index (Phi) is 5.54. The van der Waals surface area contributed by atoms with Crippen molar-refractivity contribution in [2.24, 2.45) is 5.92 Å². The monoisotopic (exact) mass is 359 g/mol. The highest BCUT2D eigenvalue weighted by molar-refractivity contribution is 7.97. The van der Waals surface area contributed by atoms with Crippen LogP contribution < -0.4 is 0 Å². The fourth-order valence-electron chi connectivity index (χ4n) is 3.36. The van der Waals surface area contributed by atoms with Gasteiger partial charge in [0, 0.05) is 40.4 Å². The second kappa shape index (κ2) is 7.64. The predicted molar refractivity (Wildman–Crippen MR) is 105 cm³/mol. The lowest BCUT2D eigenvalue weighted by Gasteiger charge is -2.23. The molecule has 0 fully saturated rings. The molecule has 3 rings (SSSR count). The number of benzene rings is 2.